The van der Waals surface area contributed by atoms with Gasteiger partial charge in [-0.2, -0.15) is 23.4 Å². The van der Waals surface area contributed by atoms with Crippen LogP contribution in [0.15, 0.2) is 60.9 Å². The zero-order valence-corrected chi connectivity index (χ0v) is 18.6. The number of nitrogens with zero attached hydrogens (tertiary/aromatic N) is 4. The molecule has 1 aliphatic carbocycles. The molecule has 1 saturated carbocycles. The van der Waals surface area contributed by atoms with Gasteiger partial charge in [0.05, 0.1) is 30.9 Å². The van der Waals surface area contributed by atoms with Gasteiger partial charge in [-0.05, 0) is 35.2 Å². The van der Waals surface area contributed by atoms with E-state index in [9.17, 15) is 18.0 Å². The Labute approximate surface area is 194 Å². The smallest absolute Gasteiger partial charge is 0.323 e. The van der Waals surface area contributed by atoms with Gasteiger partial charge < -0.3 is 5.32 Å². The number of rotatable bonds is 7. The molecular weight excluding hydrogens is 443 g/mol. The van der Waals surface area contributed by atoms with Crippen molar-refractivity contribution >= 4 is 22.4 Å². The zero-order chi connectivity index (χ0) is 23.9. The van der Waals surface area contributed by atoms with Crippen LogP contribution in [0.3, 0.4) is 0 Å². The Kier molecular flexibility index (Phi) is 5.63. The fourth-order valence-corrected chi connectivity index (χ4v) is 4.15. The Morgan fingerprint density at radius 3 is 2.71 bits per heavy atom. The molecule has 9 heteroatoms. The topological polar surface area (TPSA) is 64.7 Å². The van der Waals surface area contributed by atoms with Crippen molar-refractivity contribution in [1.29, 1.82) is 0 Å². The summed E-state index contributed by atoms with van der Waals surface area (Å²) in [5.74, 6) is -0.776. The predicted octanol–water partition coefficient (Wildman–Crippen LogP) is 5.45. The molecule has 5 rings (SSSR count). The van der Waals surface area contributed by atoms with Crippen LogP contribution in [0.25, 0.3) is 10.8 Å². The fourth-order valence-electron chi connectivity index (χ4n) is 4.15. The second-order valence-corrected chi connectivity index (χ2v) is 8.86. The standard InChI is InChI=1S/C25H24F3N5O/c1-16(13-33-22(18-9-10-18)11-23(31-33)25(26,27)28)24(34)30-20-12-29-32(15-20)14-19-7-4-6-17-5-2-3-8-21(17)19/h2-8,11-12,15-16,18H,9-10,13-14H2,1H3,(H,30,34). The molecule has 1 N–H and O–H groups in total. The molecule has 6 nitrogen and oxygen atoms in total. The van der Waals surface area contributed by atoms with Gasteiger partial charge >= 0.3 is 6.18 Å². The monoisotopic (exact) mass is 467 g/mol. The van der Waals surface area contributed by atoms with Gasteiger partial charge in [-0.25, -0.2) is 0 Å². The van der Waals surface area contributed by atoms with E-state index >= 15 is 0 Å². The maximum atomic E-state index is 13.1. The van der Waals surface area contributed by atoms with Gasteiger partial charge in [0, 0.05) is 17.8 Å². The van der Waals surface area contributed by atoms with Crippen molar-refractivity contribution in [3.63, 3.8) is 0 Å². The Balaban J connectivity index is 1.25. The van der Waals surface area contributed by atoms with E-state index in [0.29, 0.717) is 17.9 Å². The van der Waals surface area contributed by atoms with Crippen molar-refractivity contribution in [3.05, 3.63) is 77.9 Å². The maximum absolute atomic E-state index is 13.1. The van der Waals surface area contributed by atoms with Gasteiger partial charge in [-0.1, -0.05) is 49.4 Å². The molecule has 1 unspecified atom stereocenters. The summed E-state index contributed by atoms with van der Waals surface area (Å²) < 4.78 is 42.5. The van der Waals surface area contributed by atoms with E-state index in [1.807, 2.05) is 24.3 Å². The van der Waals surface area contributed by atoms with Gasteiger partial charge in [0.1, 0.15) is 0 Å². The summed E-state index contributed by atoms with van der Waals surface area (Å²) in [5.41, 5.74) is 1.29. The van der Waals surface area contributed by atoms with Crippen LogP contribution in [0.5, 0.6) is 0 Å². The van der Waals surface area contributed by atoms with Crippen LogP contribution >= 0.6 is 0 Å². The molecular formula is C25H24F3N5O. The molecule has 2 aromatic carbocycles. The molecule has 4 aromatic rings. The summed E-state index contributed by atoms with van der Waals surface area (Å²) in [6, 6.07) is 15.3. The van der Waals surface area contributed by atoms with Crippen molar-refractivity contribution in [3.8, 4) is 0 Å². The Hall–Kier alpha value is -3.62. The normalized spacial score (nSPS) is 14.9. The van der Waals surface area contributed by atoms with Gasteiger partial charge in [-0.15, -0.1) is 0 Å². The van der Waals surface area contributed by atoms with Crippen LogP contribution < -0.4 is 5.32 Å². The first-order chi connectivity index (χ1) is 16.3. The zero-order valence-electron chi connectivity index (χ0n) is 18.6. The minimum Gasteiger partial charge on any atom is -0.323 e. The number of hydrogen-bond acceptors (Lipinski definition) is 3. The number of hydrogen-bond donors (Lipinski definition) is 1. The van der Waals surface area contributed by atoms with Crippen LogP contribution in [0, 0.1) is 5.92 Å². The van der Waals surface area contributed by atoms with Crippen LogP contribution in [0.4, 0.5) is 18.9 Å². The molecule has 1 atom stereocenters. The molecule has 2 heterocycles. The Morgan fingerprint density at radius 1 is 1.18 bits per heavy atom. The lowest BCUT2D eigenvalue weighted by Gasteiger charge is -2.13. The number of benzene rings is 2. The molecule has 34 heavy (non-hydrogen) atoms. The highest BCUT2D eigenvalue weighted by atomic mass is 19.4. The summed E-state index contributed by atoms with van der Waals surface area (Å²) in [5, 5.41) is 13.2. The van der Waals surface area contributed by atoms with Crippen LogP contribution in [-0.2, 0) is 24.1 Å². The van der Waals surface area contributed by atoms with Crippen LogP contribution in [-0.4, -0.2) is 25.5 Å². The van der Waals surface area contributed by atoms with Crippen LogP contribution in [0.2, 0.25) is 0 Å². The molecule has 176 valence electrons. The third kappa shape index (κ3) is 4.69. The molecule has 0 aliphatic heterocycles. The number of amides is 1. The van der Waals surface area contributed by atoms with E-state index in [0.717, 1.165) is 35.2 Å². The summed E-state index contributed by atoms with van der Waals surface area (Å²) in [6.45, 7) is 2.31. The largest absolute Gasteiger partial charge is 0.435 e. The molecule has 0 radical (unpaired) electrons. The molecule has 1 amide bonds. The Morgan fingerprint density at radius 2 is 1.94 bits per heavy atom. The second kappa shape index (κ2) is 8.62. The van der Waals surface area contributed by atoms with Crippen molar-refractivity contribution in [1.82, 2.24) is 19.6 Å². The lowest BCUT2D eigenvalue weighted by atomic mass is 10.0. The number of alkyl halides is 3. The van der Waals surface area contributed by atoms with Gasteiger partial charge in [0.25, 0.3) is 0 Å². The van der Waals surface area contributed by atoms with Crippen LogP contribution in [0.1, 0.15) is 42.6 Å². The Bertz CT molecular complexity index is 1330. The third-order valence-electron chi connectivity index (χ3n) is 6.10. The molecule has 1 aliphatic rings. The number of nitrogens with one attached hydrogen (secondary N) is 1. The molecule has 1 fully saturated rings. The quantitative estimate of drug-likeness (QED) is 0.393. The highest BCUT2D eigenvalue weighted by Crippen LogP contribution is 2.42. The van der Waals surface area contributed by atoms with Crippen molar-refractivity contribution in [2.24, 2.45) is 5.92 Å². The predicted molar refractivity (Wildman–Crippen MR) is 122 cm³/mol. The first-order valence-electron chi connectivity index (χ1n) is 11.2. The van der Waals surface area contributed by atoms with E-state index in [1.165, 1.54) is 4.68 Å². The minimum absolute atomic E-state index is 0.0812. The van der Waals surface area contributed by atoms with E-state index in [2.05, 4.69) is 33.7 Å². The minimum atomic E-state index is -4.50. The number of carbonyl (C=O) groups is 1. The average molecular weight is 467 g/mol. The summed E-state index contributed by atoms with van der Waals surface area (Å²) >= 11 is 0. The van der Waals surface area contributed by atoms with Crippen molar-refractivity contribution in [2.75, 3.05) is 5.32 Å². The number of anilines is 1. The number of aromatic nitrogens is 4. The van der Waals surface area contributed by atoms with Gasteiger partial charge in [0.2, 0.25) is 5.91 Å². The highest BCUT2D eigenvalue weighted by molar-refractivity contribution is 5.92. The first kappa shape index (κ1) is 22.2. The third-order valence-corrected chi connectivity index (χ3v) is 6.10. The van der Waals surface area contributed by atoms with Crippen molar-refractivity contribution in [2.45, 2.75) is 44.9 Å². The van der Waals surface area contributed by atoms with Gasteiger partial charge in [0.15, 0.2) is 5.69 Å². The lowest BCUT2D eigenvalue weighted by molar-refractivity contribution is -0.141. The fraction of sp³-hybridized carbons (Fsp3) is 0.320. The molecule has 2 aromatic heterocycles. The molecule has 0 bridgehead atoms. The van der Waals surface area contributed by atoms with Gasteiger partial charge in [-0.3, -0.25) is 14.2 Å². The van der Waals surface area contributed by atoms with E-state index in [-0.39, 0.29) is 18.4 Å². The maximum Gasteiger partial charge on any atom is 0.435 e. The average Bonchev–Trinajstić information content (AvgIpc) is 3.40. The van der Waals surface area contributed by atoms with Crippen molar-refractivity contribution < 1.29 is 18.0 Å². The SMILES string of the molecule is CC(Cn1nc(C(F)(F)F)cc1C1CC1)C(=O)Nc1cnn(Cc2cccc3ccccc23)c1. The number of fused-ring (bicyclic) bond motifs is 1. The summed E-state index contributed by atoms with van der Waals surface area (Å²) in [6.07, 6.45) is 0.511. The molecule has 0 spiro atoms. The van der Waals surface area contributed by atoms with E-state index < -0.39 is 17.8 Å². The highest BCUT2D eigenvalue weighted by Gasteiger charge is 2.38. The first-order valence-corrected chi connectivity index (χ1v) is 11.2. The van der Waals surface area contributed by atoms with E-state index in [4.69, 9.17) is 0 Å². The lowest BCUT2D eigenvalue weighted by Crippen LogP contribution is -2.25. The van der Waals surface area contributed by atoms with E-state index in [1.54, 1.807) is 24.0 Å². The number of halogens is 3. The second-order valence-electron chi connectivity index (χ2n) is 8.86. The summed E-state index contributed by atoms with van der Waals surface area (Å²) in [4.78, 5) is 12.7. The molecule has 0 saturated heterocycles. The summed E-state index contributed by atoms with van der Waals surface area (Å²) in [7, 11) is 0. The number of carbonyl (C=O) groups excluding carboxylic acids is 1.